The molecule has 200 valence electrons. The highest BCUT2D eigenvalue weighted by Crippen LogP contribution is 2.56. The lowest BCUT2D eigenvalue weighted by molar-refractivity contribution is -0.123. The number of amides is 1. The number of carbonyl (C=O) groups excluding carboxylic acids is 3. The van der Waals surface area contributed by atoms with Crippen LogP contribution in [-0.4, -0.2) is 34.8 Å². The summed E-state index contributed by atoms with van der Waals surface area (Å²) in [7, 11) is 1.31. The predicted molar refractivity (Wildman–Crippen MR) is 141 cm³/mol. The summed E-state index contributed by atoms with van der Waals surface area (Å²) in [5.74, 6) is -3.63. The van der Waals surface area contributed by atoms with Gasteiger partial charge in [0.2, 0.25) is 0 Å². The molecule has 1 atom stereocenters. The first-order valence-corrected chi connectivity index (χ1v) is 12.3. The Bertz CT molecular complexity index is 1670. The summed E-state index contributed by atoms with van der Waals surface area (Å²) in [5, 5.41) is 25.2. The highest BCUT2D eigenvalue weighted by molar-refractivity contribution is 6.25. The molecule has 0 fully saturated rings. The van der Waals surface area contributed by atoms with Crippen LogP contribution in [0.25, 0.3) is 10.8 Å². The van der Waals surface area contributed by atoms with Gasteiger partial charge in [0.1, 0.15) is 45.4 Å². The van der Waals surface area contributed by atoms with Crippen molar-refractivity contribution < 1.29 is 38.5 Å². The fourth-order valence-corrected chi connectivity index (χ4v) is 5.46. The Kier molecular flexibility index (Phi) is 6.17. The molecule has 1 aliphatic carbocycles. The van der Waals surface area contributed by atoms with Crippen molar-refractivity contribution in [1.82, 2.24) is 5.32 Å². The van der Waals surface area contributed by atoms with Crippen LogP contribution in [-0.2, 0) is 28.0 Å². The summed E-state index contributed by atoms with van der Waals surface area (Å²) in [6.07, 6.45) is 1.75. The van der Waals surface area contributed by atoms with E-state index < -0.39 is 40.0 Å². The number of rotatable bonds is 6. The molecule has 0 unspecified atom stereocenters. The Morgan fingerprint density at radius 1 is 1.18 bits per heavy atom. The Labute approximate surface area is 223 Å². The quantitative estimate of drug-likeness (QED) is 0.394. The lowest BCUT2D eigenvalue weighted by Crippen LogP contribution is -2.38. The van der Waals surface area contributed by atoms with Crippen LogP contribution in [0.15, 0.2) is 59.6 Å². The lowest BCUT2D eigenvalue weighted by atomic mass is 9.71. The fourth-order valence-electron chi connectivity index (χ4n) is 5.46. The van der Waals surface area contributed by atoms with Crippen LogP contribution in [0.2, 0.25) is 0 Å². The van der Waals surface area contributed by atoms with Gasteiger partial charge in [-0.15, -0.1) is 0 Å². The molecule has 8 nitrogen and oxygen atoms in total. The number of ketones is 2. The molecule has 0 radical (unpaired) electrons. The molecule has 3 N–H and O–H groups in total. The third-order valence-corrected chi connectivity index (χ3v) is 7.44. The molecule has 0 saturated heterocycles. The summed E-state index contributed by atoms with van der Waals surface area (Å²) < 4.78 is 26.1. The number of fused-ring (bicyclic) bond motifs is 4. The van der Waals surface area contributed by atoms with Crippen LogP contribution in [0, 0.1) is 5.82 Å². The van der Waals surface area contributed by atoms with Gasteiger partial charge in [0.25, 0.3) is 5.91 Å². The molecule has 3 aromatic rings. The van der Waals surface area contributed by atoms with Crippen molar-refractivity contribution in [3.63, 3.8) is 0 Å². The summed E-state index contributed by atoms with van der Waals surface area (Å²) in [5.41, 5.74) is -0.736. The Balaban J connectivity index is 1.60. The zero-order chi connectivity index (χ0) is 28.2. The van der Waals surface area contributed by atoms with Gasteiger partial charge in [-0.3, -0.25) is 14.4 Å². The molecule has 0 aromatic heterocycles. The fraction of sp³-hybridized carbons (Fsp3) is 0.233. The van der Waals surface area contributed by atoms with Crippen molar-refractivity contribution in [2.75, 3.05) is 7.11 Å². The molecule has 0 bridgehead atoms. The number of hydrogen-bond donors (Lipinski definition) is 3. The predicted octanol–water partition coefficient (Wildman–Crippen LogP) is 4.70. The number of phenolic OH excluding ortho intramolecular Hbond substituents is 1. The number of nitrogens with one attached hydrogen (secondary N) is 1. The molecule has 3 aromatic carbocycles. The summed E-state index contributed by atoms with van der Waals surface area (Å²) >= 11 is 0. The highest BCUT2D eigenvalue weighted by atomic mass is 19.1. The number of allylic oxidation sites excluding steroid dienone is 3. The Hall–Kier alpha value is -4.66. The van der Waals surface area contributed by atoms with Crippen molar-refractivity contribution >= 4 is 28.2 Å². The number of hydrogen-bond acceptors (Lipinski definition) is 7. The molecule has 9 heteroatoms. The maximum atomic E-state index is 14.9. The van der Waals surface area contributed by atoms with E-state index in [0.29, 0.717) is 22.8 Å². The number of methoxy groups -OCH3 is 1. The van der Waals surface area contributed by atoms with Crippen molar-refractivity contribution in [3.05, 3.63) is 87.6 Å². The van der Waals surface area contributed by atoms with Crippen LogP contribution in [0.3, 0.4) is 0 Å². The molecule has 1 heterocycles. The molecule has 2 aliphatic rings. The maximum Gasteiger partial charge on any atom is 0.259 e. The number of ether oxygens (including phenoxy) is 2. The van der Waals surface area contributed by atoms with E-state index >= 15 is 0 Å². The first-order chi connectivity index (χ1) is 18.5. The molecule has 39 heavy (non-hydrogen) atoms. The average molecular weight is 532 g/mol. The molecule has 0 spiro atoms. The van der Waals surface area contributed by atoms with E-state index in [4.69, 9.17) is 9.47 Å². The minimum absolute atomic E-state index is 0.0190. The van der Waals surface area contributed by atoms with E-state index in [1.165, 1.54) is 26.2 Å². The maximum absolute atomic E-state index is 14.9. The van der Waals surface area contributed by atoms with E-state index in [1.807, 2.05) is 19.1 Å². The number of benzene rings is 3. The standard InChI is InChI=1S/C30H26FNO7/c1-5-15-9-10-16-7-6-8-18(31)24(16)17(15)13-32-29(37)25-21(38-4)11-20(35)26-27(25)39-22-12-19(34)23(14(2)33)28(36)30(22,26)3/h6-12,34-35H,5,13H2,1-4H3,(H,32,37)/t30-/m1/s1. The average Bonchev–Trinajstić information content (AvgIpc) is 3.20. The van der Waals surface area contributed by atoms with Crippen molar-refractivity contribution in [2.24, 2.45) is 0 Å². The van der Waals surface area contributed by atoms with Gasteiger partial charge in [0.05, 0.1) is 12.7 Å². The smallest absolute Gasteiger partial charge is 0.259 e. The second kappa shape index (κ2) is 9.27. The zero-order valence-corrected chi connectivity index (χ0v) is 21.8. The van der Waals surface area contributed by atoms with Gasteiger partial charge in [-0.1, -0.05) is 31.2 Å². The molecular formula is C30H26FNO7. The molecule has 1 amide bonds. The van der Waals surface area contributed by atoms with Gasteiger partial charge in [-0.25, -0.2) is 4.39 Å². The van der Waals surface area contributed by atoms with Gasteiger partial charge in [0.15, 0.2) is 17.3 Å². The van der Waals surface area contributed by atoms with Crippen LogP contribution in [0.4, 0.5) is 4.39 Å². The summed E-state index contributed by atoms with van der Waals surface area (Å²) in [6.45, 7) is 4.51. The third-order valence-electron chi connectivity index (χ3n) is 7.44. The number of aliphatic hydroxyl groups excluding tert-OH is 1. The van der Waals surface area contributed by atoms with E-state index in [0.717, 1.165) is 18.6 Å². The topological polar surface area (TPSA) is 122 Å². The summed E-state index contributed by atoms with van der Waals surface area (Å²) in [4.78, 5) is 39.2. The lowest BCUT2D eigenvalue weighted by Gasteiger charge is -2.27. The molecule has 1 aliphatic heterocycles. The number of carbonyl (C=O) groups is 3. The number of aryl methyl sites for hydroxylation is 1. The Morgan fingerprint density at radius 3 is 2.59 bits per heavy atom. The summed E-state index contributed by atoms with van der Waals surface area (Å²) in [6, 6.07) is 9.69. The van der Waals surface area contributed by atoms with E-state index in [9.17, 15) is 29.0 Å². The zero-order valence-electron chi connectivity index (χ0n) is 21.8. The monoisotopic (exact) mass is 531 g/mol. The number of Topliss-reactive ketones (excluding diaryl/α,β-unsaturated/α-hetero) is 2. The first-order valence-electron chi connectivity index (χ1n) is 12.3. The van der Waals surface area contributed by atoms with Crippen LogP contribution < -0.4 is 14.8 Å². The van der Waals surface area contributed by atoms with Crippen LogP contribution >= 0.6 is 0 Å². The van der Waals surface area contributed by atoms with Gasteiger partial charge in [-0.2, -0.15) is 0 Å². The molecule has 5 rings (SSSR count). The van der Waals surface area contributed by atoms with E-state index in [-0.39, 0.29) is 40.7 Å². The first kappa shape index (κ1) is 26.0. The highest BCUT2D eigenvalue weighted by Gasteiger charge is 2.55. The number of aromatic hydroxyl groups is 1. The second-order valence-electron chi connectivity index (χ2n) is 9.64. The van der Waals surface area contributed by atoms with Gasteiger partial charge < -0.3 is 25.0 Å². The number of halogens is 1. The van der Waals surface area contributed by atoms with E-state index in [1.54, 1.807) is 12.1 Å². The number of phenols is 1. The number of aliphatic hydroxyl groups is 1. The minimum Gasteiger partial charge on any atom is -0.507 e. The van der Waals surface area contributed by atoms with Crippen LogP contribution in [0.5, 0.6) is 17.2 Å². The largest absolute Gasteiger partial charge is 0.507 e. The molecular weight excluding hydrogens is 505 g/mol. The van der Waals surface area contributed by atoms with Gasteiger partial charge in [0, 0.05) is 24.1 Å². The van der Waals surface area contributed by atoms with Gasteiger partial charge >= 0.3 is 0 Å². The minimum atomic E-state index is -1.66. The van der Waals surface area contributed by atoms with Crippen molar-refractivity contribution in [1.29, 1.82) is 0 Å². The molecule has 0 saturated carbocycles. The van der Waals surface area contributed by atoms with Gasteiger partial charge in [-0.05, 0) is 42.8 Å². The van der Waals surface area contributed by atoms with Crippen LogP contribution in [0.1, 0.15) is 47.8 Å². The van der Waals surface area contributed by atoms with E-state index in [2.05, 4.69) is 5.32 Å². The third kappa shape index (κ3) is 3.76. The van der Waals surface area contributed by atoms with Crippen molar-refractivity contribution in [3.8, 4) is 17.2 Å². The van der Waals surface area contributed by atoms with Crippen molar-refractivity contribution in [2.45, 2.75) is 39.2 Å². The SMILES string of the molecule is CCc1ccc2cccc(F)c2c1CNC(=O)c1c(OC)cc(O)c2c1OC1=CC(O)=C(C(C)=O)C(=O)[C@]12C. The Morgan fingerprint density at radius 2 is 1.92 bits per heavy atom. The normalized spacial score (nSPS) is 17.9. The second-order valence-corrected chi connectivity index (χ2v) is 9.64.